The maximum atomic E-state index is 8.87. The lowest BCUT2D eigenvalue weighted by Crippen LogP contribution is -2.11. The third-order valence-electron chi connectivity index (χ3n) is 3.38. The number of nitrogens with zero attached hydrogens (tertiary/aromatic N) is 1. The normalized spacial score (nSPS) is 15.5. The molecule has 3 rings (SSSR count). The fraction of sp³-hybridized carbons (Fsp3) is 0.235. The second-order valence-electron chi connectivity index (χ2n) is 4.77. The summed E-state index contributed by atoms with van der Waals surface area (Å²) in [6, 6.07) is 15.9. The van der Waals surface area contributed by atoms with E-state index in [9.17, 15) is 0 Å². The summed E-state index contributed by atoms with van der Waals surface area (Å²) in [5.41, 5.74) is 2.87. The molecule has 106 valence electrons. The smallest absolute Gasteiger partial charge is 0.196 e. The summed E-state index contributed by atoms with van der Waals surface area (Å²) >= 11 is 0. The molecule has 0 saturated carbocycles. The van der Waals surface area contributed by atoms with Crippen LogP contribution in [0.1, 0.15) is 24.3 Å². The van der Waals surface area contributed by atoms with E-state index in [2.05, 4.69) is 11.4 Å². The Morgan fingerprint density at radius 3 is 2.90 bits per heavy atom. The molecule has 4 nitrogen and oxygen atoms in total. The lowest BCUT2D eigenvalue weighted by molar-refractivity contribution is 0.258. The highest BCUT2D eigenvalue weighted by Crippen LogP contribution is 2.38. The molecular weight excluding hydrogens is 264 g/mol. The van der Waals surface area contributed by atoms with Crippen LogP contribution in [-0.4, -0.2) is 6.61 Å². The van der Waals surface area contributed by atoms with E-state index in [0.717, 1.165) is 28.3 Å². The largest absolute Gasteiger partial charge is 0.494 e. The van der Waals surface area contributed by atoms with E-state index < -0.39 is 0 Å². The molecule has 0 fully saturated rings. The molecule has 0 aromatic heterocycles. The minimum Gasteiger partial charge on any atom is -0.494 e. The number of ether oxygens (including phenoxy) is 2. The third-order valence-corrected chi connectivity index (χ3v) is 3.38. The van der Waals surface area contributed by atoms with Crippen molar-refractivity contribution in [1.82, 2.24) is 0 Å². The first kappa shape index (κ1) is 13.3. The predicted octanol–water partition coefficient (Wildman–Crippen LogP) is 3.65. The van der Waals surface area contributed by atoms with Crippen LogP contribution in [0.3, 0.4) is 0 Å². The van der Waals surface area contributed by atoms with Crippen LogP contribution in [0.4, 0.5) is 5.69 Å². The molecule has 0 spiro atoms. The van der Waals surface area contributed by atoms with Crippen molar-refractivity contribution in [2.75, 3.05) is 11.9 Å². The highest BCUT2D eigenvalue weighted by Gasteiger charge is 2.23. The molecule has 0 radical (unpaired) electrons. The maximum absolute atomic E-state index is 8.87. The molecule has 0 amide bonds. The molecular formula is C17H16N2O2. The SMILES string of the molecule is CCOc1cc(C2Nc3ccccc3O2)ccc1CC#N. The Morgan fingerprint density at radius 1 is 1.29 bits per heavy atom. The molecule has 1 unspecified atom stereocenters. The first-order valence-electron chi connectivity index (χ1n) is 6.96. The summed E-state index contributed by atoms with van der Waals surface area (Å²) in [5.74, 6) is 1.60. The third kappa shape index (κ3) is 2.63. The van der Waals surface area contributed by atoms with E-state index in [1.54, 1.807) is 0 Å². The van der Waals surface area contributed by atoms with Crippen LogP contribution in [0.25, 0.3) is 0 Å². The molecule has 1 heterocycles. The topological polar surface area (TPSA) is 54.3 Å². The fourth-order valence-electron chi connectivity index (χ4n) is 2.39. The van der Waals surface area contributed by atoms with Crippen molar-refractivity contribution in [2.24, 2.45) is 0 Å². The van der Waals surface area contributed by atoms with E-state index >= 15 is 0 Å². The molecule has 2 aromatic rings. The van der Waals surface area contributed by atoms with Crippen molar-refractivity contribution in [2.45, 2.75) is 19.6 Å². The summed E-state index contributed by atoms with van der Waals surface area (Å²) in [6.45, 7) is 2.50. The van der Waals surface area contributed by atoms with Gasteiger partial charge in [-0.15, -0.1) is 0 Å². The van der Waals surface area contributed by atoms with Gasteiger partial charge in [-0.3, -0.25) is 0 Å². The number of hydrogen-bond donors (Lipinski definition) is 1. The number of benzene rings is 2. The number of rotatable bonds is 4. The highest BCUT2D eigenvalue weighted by atomic mass is 16.5. The van der Waals surface area contributed by atoms with Gasteiger partial charge in [0.1, 0.15) is 11.5 Å². The zero-order valence-corrected chi connectivity index (χ0v) is 11.8. The molecule has 2 aromatic carbocycles. The molecule has 1 aliphatic heterocycles. The van der Waals surface area contributed by atoms with Crippen molar-refractivity contribution in [3.8, 4) is 17.6 Å². The monoisotopic (exact) mass is 280 g/mol. The van der Waals surface area contributed by atoms with Crippen molar-refractivity contribution >= 4 is 5.69 Å². The number of anilines is 1. The van der Waals surface area contributed by atoms with Gasteiger partial charge in [-0.05, 0) is 25.1 Å². The first-order chi connectivity index (χ1) is 10.3. The molecule has 0 bridgehead atoms. The Balaban J connectivity index is 1.87. The average molecular weight is 280 g/mol. The van der Waals surface area contributed by atoms with Gasteiger partial charge in [-0.2, -0.15) is 5.26 Å². The summed E-state index contributed by atoms with van der Waals surface area (Å²) in [7, 11) is 0. The van der Waals surface area contributed by atoms with Crippen molar-refractivity contribution in [3.63, 3.8) is 0 Å². The lowest BCUT2D eigenvalue weighted by atomic mass is 10.1. The molecule has 1 atom stereocenters. The van der Waals surface area contributed by atoms with Crippen LogP contribution in [0.15, 0.2) is 42.5 Å². The van der Waals surface area contributed by atoms with Crippen LogP contribution in [0, 0.1) is 11.3 Å². The van der Waals surface area contributed by atoms with Gasteiger partial charge >= 0.3 is 0 Å². The second-order valence-corrected chi connectivity index (χ2v) is 4.77. The van der Waals surface area contributed by atoms with Crippen LogP contribution in [0.2, 0.25) is 0 Å². The van der Waals surface area contributed by atoms with Gasteiger partial charge in [0.25, 0.3) is 0 Å². The van der Waals surface area contributed by atoms with Crippen LogP contribution < -0.4 is 14.8 Å². The lowest BCUT2D eigenvalue weighted by Gasteiger charge is -2.15. The van der Waals surface area contributed by atoms with Crippen molar-refractivity contribution in [1.29, 1.82) is 5.26 Å². The van der Waals surface area contributed by atoms with Gasteiger partial charge in [0, 0.05) is 11.1 Å². The highest BCUT2D eigenvalue weighted by molar-refractivity contribution is 5.61. The Hall–Kier alpha value is -2.67. The Labute approximate surface area is 123 Å². The molecule has 1 N–H and O–H groups in total. The standard InChI is InChI=1S/C17H16N2O2/c1-2-20-16-11-13(8-7-12(16)9-10-18)17-19-14-5-3-4-6-15(14)21-17/h3-8,11,17,19H,2,9H2,1H3. The second kappa shape index (κ2) is 5.76. The Morgan fingerprint density at radius 2 is 2.14 bits per heavy atom. The van der Waals surface area contributed by atoms with Gasteiger partial charge < -0.3 is 14.8 Å². The number of fused-ring (bicyclic) bond motifs is 1. The zero-order valence-electron chi connectivity index (χ0n) is 11.8. The summed E-state index contributed by atoms with van der Waals surface area (Å²) < 4.78 is 11.5. The van der Waals surface area contributed by atoms with Gasteiger partial charge in [0.2, 0.25) is 0 Å². The molecule has 0 saturated heterocycles. The van der Waals surface area contributed by atoms with Crippen molar-refractivity contribution < 1.29 is 9.47 Å². The van der Waals surface area contributed by atoms with Crippen LogP contribution in [-0.2, 0) is 6.42 Å². The Kier molecular flexibility index (Phi) is 3.65. The van der Waals surface area contributed by atoms with E-state index in [1.807, 2.05) is 49.4 Å². The van der Waals surface area contributed by atoms with Gasteiger partial charge in [0.05, 0.1) is 24.8 Å². The minimum absolute atomic E-state index is 0.224. The summed E-state index contributed by atoms with van der Waals surface area (Å²) in [5, 5.41) is 12.2. The molecule has 21 heavy (non-hydrogen) atoms. The number of para-hydroxylation sites is 2. The maximum Gasteiger partial charge on any atom is 0.196 e. The summed E-state index contributed by atoms with van der Waals surface area (Å²) in [4.78, 5) is 0. The van der Waals surface area contributed by atoms with Gasteiger partial charge in [-0.1, -0.05) is 24.3 Å². The number of hydrogen-bond acceptors (Lipinski definition) is 4. The van der Waals surface area contributed by atoms with Crippen LogP contribution >= 0.6 is 0 Å². The Bertz CT molecular complexity index is 666. The molecule has 1 aliphatic rings. The van der Waals surface area contributed by atoms with E-state index in [4.69, 9.17) is 14.7 Å². The minimum atomic E-state index is -0.224. The predicted molar refractivity (Wildman–Crippen MR) is 80.4 cm³/mol. The molecule has 0 aliphatic carbocycles. The van der Waals surface area contributed by atoms with Gasteiger partial charge in [-0.25, -0.2) is 0 Å². The van der Waals surface area contributed by atoms with E-state index in [0.29, 0.717) is 13.0 Å². The van der Waals surface area contributed by atoms with Gasteiger partial charge in [0.15, 0.2) is 6.23 Å². The summed E-state index contributed by atoms with van der Waals surface area (Å²) in [6.07, 6.45) is 0.118. The zero-order chi connectivity index (χ0) is 14.7. The van der Waals surface area contributed by atoms with Crippen molar-refractivity contribution in [3.05, 3.63) is 53.6 Å². The van der Waals surface area contributed by atoms with Crippen LogP contribution in [0.5, 0.6) is 11.5 Å². The molecule has 4 heteroatoms. The average Bonchev–Trinajstić information content (AvgIpc) is 2.93. The van der Waals surface area contributed by atoms with E-state index in [1.165, 1.54) is 0 Å². The van der Waals surface area contributed by atoms with E-state index in [-0.39, 0.29) is 6.23 Å². The first-order valence-corrected chi connectivity index (χ1v) is 6.96. The fourth-order valence-corrected chi connectivity index (χ4v) is 2.39. The number of nitriles is 1. The quantitative estimate of drug-likeness (QED) is 0.928. The number of nitrogens with one attached hydrogen (secondary N) is 1.